The van der Waals surface area contributed by atoms with E-state index < -0.39 is 0 Å². The van der Waals surface area contributed by atoms with Crippen molar-refractivity contribution in [3.05, 3.63) is 225 Å². The quantitative estimate of drug-likeness (QED) is 0.0955. The Morgan fingerprint density at radius 3 is 1.67 bits per heavy atom. The predicted molar refractivity (Wildman–Crippen MR) is 300 cm³/mol. The summed E-state index contributed by atoms with van der Waals surface area (Å²) in [7, 11) is 4.17. The summed E-state index contributed by atoms with van der Waals surface area (Å²) in [5.41, 5.74) is 19.2. The average Bonchev–Trinajstić information content (AvgIpc) is 3.48. The van der Waals surface area contributed by atoms with Gasteiger partial charge in [-0.1, -0.05) is 225 Å². The van der Waals surface area contributed by atoms with Crippen LogP contribution in [0.1, 0.15) is 146 Å². The fourth-order valence-corrected chi connectivity index (χ4v) is 8.10. The summed E-state index contributed by atoms with van der Waals surface area (Å²) in [6.45, 7) is 41.5. The van der Waals surface area contributed by atoms with E-state index in [0.717, 1.165) is 12.8 Å². The van der Waals surface area contributed by atoms with Crippen molar-refractivity contribution in [2.45, 2.75) is 134 Å². The standard InChI is InChI=1S/C50H61N.C8H10.C3H8.C2H6.C2H2/c1-14-17-40(18-15-2)48(42-25-20-36(6)21-26-42)41(19-16-3)30-31-49(8,9)46(35(4)5)34-45-37(7)50(10,11)47-33-39(24-29-44(45)47)32-38-22-27-43(28-23-38)51(12)13;1-7-3-5-8(2)6-4-7;1-3-2;2*1-2/h14-30,33-34,48H,1,7,31-32H2,2-6,8-13H3;3-6H,1-2H3;3H2,1-2H3;1-2H3;1-2H/b18-15-,19-16-,40-17+,41-30+,45-34+;;;;. The van der Waals surface area contributed by atoms with E-state index in [2.05, 4.69) is 262 Å². The lowest BCUT2D eigenvalue weighted by Gasteiger charge is -2.29. The summed E-state index contributed by atoms with van der Waals surface area (Å²) in [5.74, 6) is 0.0997. The summed E-state index contributed by atoms with van der Waals surface area (Å²) < 4.78 is 0. The number of hydrogen-bond donors (Lipinski definition) is 0. The summed E-state index contributed by atoms with van der Waals surface area (Å²) in [5, 5.41) is 0. The second-order valence-corrected chi connectivity index (χ2v) is 18.6. The second-order valence-electron chi connectivity index (χ2n) is 18.6. The largest absolute Gasteiger partial charge is 0.378 e. The maximum atomic E-state index is 4.72. The number of nitrogens with zero attached hydrogens (tertiary/aromatic N) is 1. The molecule has 5 rings (SSSR count). The molecule has 0 amide bonds. The van der Waals surface area contributed by atoms with Crippen LogP contribution in [0.3, 0.4) is 0 Å². The van der Waals surface area contributed by atoms with Crippen LogP contribution in [0.2, 0.25) is 0 Å². The van der Waals surface area contributed by atoms with E-state index in [9.17, 15) is 0 Å². The first-order valence-corrected chi connectivity index (χ1v) is 24.1. The Hall–Kier alpha value is -5.84. The first-order chi connectivity index (χ1) is 31.3. The molecule has 0 saturated carbocycles. The van der Waals surface area contributed by atoms with E-state index in [1.807, 2.05) is 19.9 Å². The summed E-state index contributed by atoms with van der Waals surface area (Å²) in [6.07, 6.45) is 28.8. The zero-order valence-electron chi connectivity index (χ0n) is 44.5. The number of fused-ring (bicyclic) bond motifs is 1. The average molecular weight is 882 g/mol. The zero-order chi connectivity index (χ0) is 50.2. The highest BCUT2D eigenvalue weighted by Gasteiger charge is 2.38. The number of terminal acetylenes is 1. The van der Waals surface area contributed by atoms with Gasteiger partial charge in [0.25, 0.3) is 0 Å². The molecule has 0 fully saturated rings. The molecule has 1 heteroatoms. The molecule has 1 atom stereocenters. The van der Waals surface area contributed by atoms with Gasteiger partial charge in [-0.15, -0.1) is 12.8 Å². The molecule has 0 spiro atoms. The van der Waals surface area contributed by atoms with Gasteiger partial charge in [0.05, 0.1) is 0 Å². The van der Waals surface area contributed by atoms with Crippen molar-refractivity contribution < 1.29 is 0 Å². The van der Waals surface area contributed by atoms with Gasteiger partial charge in [0.1, 0.15) is 0 Å². The third-order valence-corrected chi connectivity index (χ3v) is 11.7. The van der Waals surface area contributed by atoms with Crippen LogP contribution in [-0.4, -0.2) is 14.1 Å². The van der Waals surface area contributed by atoms with Crippen molar-refractivity contribution >= 4 is 11.3 Å². The van der Waals surface area contributed by atoms with Gasteiger partial charge in [0.15, 0.2) is 0 Å². The smallest absolute Gasteiger partial charge is 0.0361 e. The van der Waals surface area contributed by atoms with Gasteiger partial charge < -0.3 is 4.90 Å². The van der Waals surface area contributed by atoms with Crippen LogP contribution in [0.25, 0.3) is 5.57 Å². The molecule has 1 unspecified atom stereocenters. The number of allylic oxidation sites excluding steroid dienone is 14. The maximum absolute atomic E-state index is 4.72. The molecular weight excluding hydrogens is 795 g/mol. The Morgan fingerprint density at radius 1 is 0.742 bits per heavy atom. The molecule has 1 aliphatic rings. The van der Waals surface area contributed by atoms with E-state index >= 15 is 0 Å². The van der Waals surface area contributed by atoms with Crippen molar-refractivity contribution in [3.63, 3.8) is 0 Å². The Morgan fingerprint density at radius 2 is 1.21 bits per heavy atom. The SMILES string of the molecule is C#C.C=C/C=C(\C=C/C)C(C(/C=C\C)=C/CC(C)(C)C(/C=C1\C(=C)C(C)(C)c2cc(Cc3ccc(N(C)C)cc3)ccc21)=C(C)C)c1ccc(C)cc1.CC.CCC.Cc1ccc(C)cc1. The molecule has 1 nitrogen and oxygen atoms in total. The van der Waals surface area contributed by atoms with Crippen molar-refractivity contribution in [2.24, 2.45) is 5.41 Å². The molecule has 352 valence electrons. The molecule has 0 aromatic heterocycles. The van der Waals surface area contributed by atoms with Crippen molar-refractivity contribution in [2.75, 3.05) is 19.0 Å². The molecule has 0 N–H and O–H groups in total. The minimum absolute atomic E-state index is 0.0997. The molecule has 4 aromatic rings. The first-order valence-electron chi connectivity index (χ1n) is 24.1. The third-order valence-electron chi connectivity index (χ3n) is 11.7. The van der Waals surface area contributed by atoms with Gasteiger partial charge in [-0.3, -0.25) is 0 Å². The van der Waals surface area contributed by atoms with Crippen LogP contribution in [0, 0.1) is 39.0 Å². The minimum Gasteiger partial charge on any atom is -0.378 e. The highest BCUT2D eigenvalue weighted by atomic mass is 15.1. The number of aryl methyl sites for hydroxylation is 3. The van der Waals surface area contributed by atoms with Crippen LogP contribution in [0.15, 0.2) is 181 Å². The lowest BCUT2D eigenvalue weighted by Crippen LogP contribution is -2.16. The van der Waals surface area contributed by atoms with Gasteiger partial charge in [-0.2, -0.15) is 0 Å². The summed E-state index contributed by atoms with van der Waals surface area (Å²) >= 11 is 0. The summed E-state index contributed by atoms with van der Waals surface area (Å²) in [6, 6.07) is 33.4. The number of hydrogen-bond acceptors (Lipinski definition) is 1. The molecule has 0 saturated heterocycles. The number of benzene rings is 4. The van der Waals surface area contributed by atoms with Crippen molar-refractivity contribution in [3.8, 4) is 12.8 Å². The zero-order valence-corrected chi connectivity index (χ0v) is 44.5. The fraction of sp³-hybridized carbons (Fsp3) is 0.354. The molecule has 0 heterocycles. The number of anilines is 1. The Bertz CT molecular complexity index is 2290. The van der Waals surface area contributed by atoms with Crippen molar-refractivity contribution in [1.29, 1.82) is 0 Å². The van der Waals surface area contributed by atoms with Crippen LogP contribution in [0.4, 0.5) is 5.69 Å². The van der Waals surface area contributed by atoms with Crippen LogP contribution >= 0.6 is 0 Å². The lowest BCUT2D eigenvalue weighted by atomic mass is 9.75. The minimum atomic E-state index is -0.149. The molecule has 0 bridgehead atoms. The molecule has 4 aromatic carbocycles. The van der Waals surface area contributed by atoms with E-state index in [-0.39, 0.29) is 16.7 Å². The van der Waals surface area contributed by atoms with Crippen LogP contribution in [0.5, 0.6) is 0 Å². The summed E-state index contributed by atoms with van der Waals surface area (Å²) in [4.78, 5) is 2.14. The van der Waals surface area contributed by atoms with Crippen molar-refractivity contribution in [1.82, 2.24) is 0 Å². The van der Waals surface area contributed by atoms with Crippen LogP contribution < -0.4 is 4.90 Å². The van der Waals surface area contributed by atoms with E-state index in [1.165, 1.54) is 90.1 Å². The Labute approximate surface area is 406 Å². The van der Waals surface area contributed by atoms with E-state index in [0.29, 0.717) is 0 Å². The third kappa shape index (κ3) is 16.9. The first kappa shape index (κ1) is 58.2. The maximum Gasteiger partial charge on any atom is 0.0361 e. The molecule has 0 aliphatic heterocycles. The second kappa shape index (κ2) is 28.9. The highest BCUT2D eigenvalue weighted by molar-refractivity contribution is 5.90. The topological polar surface area (TPSA) is 3.24 Å². The molecule has 66 heavy (non-hydrogen) atoms. The Kier molecular flexibility index (Phi) is 25.5. The molecular formula is C65H87N. The van der Waals surface area contributed by atoms with Gasteiger partial charge in [0, 0.05) is 31.1 Å². The Balaban J connectivity index is 0.00000125. The monoisotopic (exact) mass is 882 g/mol. The molecule has 0 radical (unpaired) electrons. The highest BCUT2D eigenvalue weighted by Crippen LogP contribution is 2.51. The predicted octanol–water partition coefficient (Wildman–Crippen LogP) is 18.6. The normalized spacial score (nSPS) is 14.0. The van der Waals surface area contributed by atoms with Gasteiger partial charge in [0.2, 0.25) is 0 Å². The van der Waals surface area contributed by atoms with Gasteiger partial charge in [-0.25, -0.2) is 0 Å². The fourth-order valence-electron chi connectivity index (χ4n) is 8.10. The van der Waals surface area contributed by atoms with Crippen LogP contribution in [-0.2, 0) is 11.8 Å². The molecule has 1 aliphatic carbocycles. The van der Waals surface area contributed by atoms with E-state index in [4.69, 9.17) is 6.58 Å². The van der Waals surface area contributed by atoms with E-state index in [1.54, 1.807) is 0 Å². The number of rotatable bonds is 13. The lowest BCUT2D eigenvalue weighted by molar-refractivity contribution is 0.459. The van der Waals surface area contributed by atoms with Gasteiger partial charge in [-0.05, 0) is 135 Å². The van der Waals surface area contributed by atoms with Gasteiger partial charge >= 0.3 is 0 Å².